The van der Waals surface area contributed by atoms with E-state index in [-0.39, 0.29) is 17.2 Å². The van der Waals surface area contributed by atoms with Crippen LogP contribution in [0.15, 0.2) is 35.6 Å². The molecule has 4 rings (SSSR count). The summed E-state index contributed by atoms with van der Waals surface area (Å²) in [6.45, 7) is 5.86. The van der Waals surface area contributed by atoms with Crippen molar-refractivity contribution in [1.29, 1.82) is 0 Å². The van der Waals surface area contributed by atoms with E-state index in [4.69, 9.17) is 0 Å². The number of nitrogens with zero attached hydrogens (tertiary/aromatic N) is 3. The van der Waals surface area contributed by atoms with Crippen molar-refractivity contribution in [2.45, 2.75) is 56.1 Å². The molecule has 1 aliphatic carbocycles. The van der Waals surface area contributed by atoms with E-state index in [0.717, 1.165) is 40.3 Å². The van der Waals surface area contributed by atoms with Crippen molar-refractivity contribution in [1.82, 2.24) is 25.1 Å². The summed E-state index contributed by atoms with van der Waals surface area (Å²) in [5, 5.41) is 13.6. The second-order valence-electron chi connectivity index (χ2n) is 7.08. The lowest BCUT2D eigenvalue weighted by Crippen LogP contribution is -2.36. The Labute approximate surface area is 156 Å². The van der Waals surface area contributed by atoms with Crippen LogP contribution in [0.4, 0.5) is 0 Å². The van der Waals surface area contributed by atoms with Crippen molar-refractivity contribution in [2.24, 2.45) is 0 Å². The molecule has 1 aromatic carbocycles. The molecule has 7 heteroatoms. The summed E-state index contributed by atoms with van der Waals surface area (Å²) in [4.78, 5) is 15.6. The molecule has 1 atom stereocenters. The Morgan fingerprint density at radius 3 is 2.77 bits per heavy atom. The lowest BCUT2D eigenvalue weighted by atomic mass is 10.1. The molecule has 0 radical (unpaired) electrons. The molecular formula is C19H23N5OS. The van der Waals surface area contributed by atoms with Gasteiger partial charge in [-0.3, -0.25) is 9.36 Å². The molecule has 1 saturated carbocycles. The van der Waals surface area contributed by atoms with Crippen molar-refractivity contribution in [2.75, 3.05) is 0 Å². The topological polar surface area (TPSA) is 75.6 Å². The van der Waals surface area contributed by atoms with Gasteiger partial charge in [0, 0.05) is 34.7 Å². The van der Waals surface area contributed by atoms with Gasteiger partial charge in [-0.15, -0.1) is 10.2 Å². The van der Waals surface area contributed by atoms with Crippen molar-refractivity contribution in [3.63, 3.8) is 0 Å². The number of para-hydroxylation sites is 1. The number of carbonyl (C=O) groups excluding carboxylic acids is 1. The molecule has 0 aliphatic heterocycles. The first kappa shape index (κ1) is 17.1. The zero-order chi connectivity index (χ0) is 18.3. The Morgan fingerprint density at radius 1 is 1.27 bits per heavy atom. The van der Waals surface area contributed by atoms with E-state index in [1.54, 1.807) is 0 Å². The first-order chi connectivity index (χ1) is 12.5. The zero-order valence-electron chi connectivity index (χ0n) is 15.2. The molecule has 1 aliphatic rings. The molecule has 0 unspecified atom stereocenters. The van der Waals surface area contributed by atoms with Crippen molar-refractivity contribution >= 4 is 28.6 Å². The Morgan fingerprint density at radius 2 is 2.04 bits per heavy atom. The van der Waals surface area contributed by atoms with E-state index >= 15 is 0 Å². The van der Waals surface area contributed by atoms with Crippen molar-refractivity contribution in [3.05, 3.63) is 30.5 Å². The Hall–Kier alpha value is -2.28. The number of fused-ring (bicyclic) bond motifs is 1. The third-order valence-electron chi connectivity index (χ3n) is 4.49. The predicted molar refractivity (Wildman–Crippen MR) is 104 cm³/mol. The van der Waals surface area contributed by atoms with Crippen LogP contribution in [-0.2, 0) is 4.79 Å². The van der Waals surface area contributed by atoms with Crippen LogP contribution in [0.5, 0.6) is 0 Å². The van der Waals surface area contributed by atoms with Gasteiger partial charge in [-0.25, -0.2) is 0 Å². The van der Waals surface area contributed by atoms with Gasteiger partial charge in [-0.2, -0.15) is 0 Å². The Balaban J connectivity index is 1.67. The van der Waals surface area contributed by atoms with Gasteiger partial charge in [0.05, 0.1) is 5.25 Å². The summed E-state index contributed by atoms with van der Waals surface area (Å²) in [7, 11) is 0. The molecule has 2 N–H and O–H groups in total. The molecule has 136 valence electrons. The number of hydrogen-bond acceptors (Lipinski definition) is 4. The minimum Gasteiger partial charge on any atom is -0.360 e. The third kappa shape index (κ3) is 3.23. The summed E-state index contributed by atoms with van der Waals surface area (Å²) in [6.07, 6.45) is 4.26. The summed E-state index contributed by atoms with van der Waals surface area (Å²) < 4.78 is 2.21. The maximum Gasteiger partial charge on any atom is 0.233 e. The summed E-state index contributed by atoms with van der Waals surface area (Å²) in [5.74, 6) is 0.910. The highest BCUT2D eigenvalue weighted by Gasteiger charge is 2.32. The molecule has 2 aromatic heterocycles. The molecule has 3 aromatic rings. The minimum absolute atomic E-state index is 0.0315. The average Bonchev–Trinajstić information content (AvgIpc) is 3.22. The van der Waals surface area contributed by atoms with Crippen LogP contribution in [0.3, 0.4) is 0 Å². The lowest BCUT2D eigenvalue weighted by Gasteiger charge is -2.14. The standard InChI is InChI=1S/C19H23N5OS/c1-11(2)21-18(25)12(3)26-19-23-22-17(24(19)13-8-9-13)15-10-20-16-7-5-4-6-14(15)16/h4-7,10-13,20H,8-9H2,1-3H3,(H,21,25)/t12-/m1/s1. The average molecular weight is 369 g/mol. The van der Waals surface area contributed by atoms with Crippen LogP contribution in [0.1, 0.15) is 39.7 Å². The summed E-state index contributed by atoms with van der Waals surface area (Å²) in [6, 6.07) is 8.77. The van der Waals surface area contributed by atoms with E-state index in [0.29, 0.717) is 6.04 Å². The smallest absolute Gasteiger partial charge is 0.233 e. The Bertz CT molecular complexity index is 940. The van der Waals surface area contributed by atoms with Gasteiger partial charge in [-0.1, -0.05) is 30.0 Å². The molecule has 1 fully saturated rings. The number of carbonyl (C=O) groups is 1. The number of amides is 1. The SMILES string of the molecule is CC(C)NC(=O)[C@@H](C)Sc1nnc(-c2c[nH]c3ccccc23)n1C1CC1. The second-order valence-corrected chi connectivity index (χ2v) is 8.39. The molecule has 0 saturated heterocycles. The highest BCUT2D eigenvalue weighted by molar-refractivity contribution is 8.00. The minimum atomic E-state index is -0.213. The fourth-order valence-corrected chi connectivity index (χ4v) is 4.00. The molecule has 26 heavy (non-hydrogen) atoms. The molecule has 2 heterocycles. The number of nitrogens with one attached hydrogen (secondary N) is 2. The van der Waals surface area contributed by atoms with Gasteiger partial charge in [-0.05, 0) is 39.7 Å². The van der Waals surface area contributed by atoms with Gasteiger partial charge in [0.15, 0.2) is 11.0 Å². The van der Waals surface area contributed by atoms with E-state index in [1.165, 1.54) is 11.8 Å². The van der Waals surface area contributed by atoms with Crippen LogP contribution in [0.2, 0.25) is 0 Å². The first-order valence-corrected chi connectivity index (χ1v) is 9.91. The van der Waals surface area contributed by atoms with Crippen LogP contribution in [0.25, 0.3) is 22.3 Å². The van der Waals surface area contributed by atoms with E-state index in [9.17, 15) is 4.79 Å². The second kappa shape index (κ2) is 6.79. The number of rotatable bonds is 6. The van der Waals surface area contributed by atoms with Gasteiger partial charge >= 0.3 is 0 Å². The van der Waals surface area contributed by atoms with Crippen molar-refractivity contribution < 1.29 is 4.79 Å². The molecule has 0 bridgehead atoms. The largest absolute Gasteiger partial charge is 0.360 e. The number of thioether (sulfide) groups is 1. The van der Waals surface area contributed by atoms with Crippen LogP contribution < -0.4 is 5.32 Å². The van der Waals surface area contributed by atoms with Crippen molar-refractivity contribution in [3.8, 4) is 11.4 Å². The third-order valence-corrected chi connectivity index (χ3v) is 5.55. The fraction of sp³-hybridized carbons (Fsp3) is 0.421. The van der Waals surface area contributed by atoms with E-state index in [1.807, 2.05) is 39.1 Å². The zero-order valence-corrected chi connectivity index (χ0v) is 16.0. The highest BCUT2D eigenvalue weighted by atomic mass is 32.2. The quantitative estimate of drug-likeness (QED) is 0.649. The predicted octanol–water partition coefficient (Wildman–Crippen LogP) is 3.77. The first-order valence-electron chi connectivity index (χ1n) is 9.03. The Kier molecular flexibility index (Phi) is 4.48. The normalized spacial score (nSPS) is 15.5. The number of benzene rings is 1. The molecule has 1 amide bonds. The van der Waals surface area contributed by atoms with Gasteiger partial charge in [0.1, 0.15) is 0 Å². The lowest BCUT2D eigenvalue weighted by molar-refractivity contribution is -0.120. The molecule has 6 nitrogen and oxygen atoms in total. The number of aromatic amines is 1. The summed E-state index contributed by atoms with van der Waals surface area (Å²) >= 11 is 1.48. The van der Waals surface area contributed by atoms with Gasteiger partial charge in [0.2, 0.25) is 5.91 Å². The monoisotopic (exact) mass is 369 g/mol. The van der Waals surface area contributed by atoms with Crippen LogP contribution in [-0.4, -0.2) is 36.9 Å². The number of aromatic nitrogens is 4. The van der Waals surface area contributed by atoms with E-state index in [2.05, 4.69) is 37.2 Å². The number of hydrogen-bond donors (Lipinski definition) is 2. The van der Waals surface area contributed by atoms with Crippen LogP contribution >= 0.6 is 11.8 Å². The highest BCUT2D eigenvalue weighted by Crippen LogP contribution is 2.42. The molecular weight excluding hydrogens is 346 g/mol. The van der Waals surface area contributed by atoms with Crippen LogP contribution in [0, 0.1) is 0 Å². The maximum absolute atomic E-state index is 12.3. The molecule has 0 spiro atoms. The van der Waals surface area contributed by atoms with Gasteiger partial charge in [0.25, 0.3) is 0 Å². The van der Waals surface area contributed by atoms with E-state index < -0.39 is 0 Å². The fourth-order valence-electron chi connectivity index (χ4n) is 3.07. The van der Waals surface area contributed by atoms with Gasteiger partial charge < -0.3 is 10.3 Å². The summed E-state index contributed by atoms with van der Waals surface area (Å²) in [5.41, 5.74) is 2.15. The number of H-pyrrole nitrogens is 1. The maximum atomic E-state index is 12.3.